The quantitative estimate of drug-likeness (QED) is 0.837. The first kappa shape index (κ1) is 9.66. The van der Waals surface area contributed by atoms with Crippen LogP contribution in [0.25, 0.3) is 10.9 Å². The van der Waals surface area contributed by atoms with Crippen LogP contribution in [-0.2, 0) is 0 Å². The minimum absolute atomic E-state index is 0.199. The van der Waals surface area contributed by atoms with E-state index < -0.39 is 0 Å². The third-order valence-electron chi connectivity index (χ3n) is 2.88. The fourth-order valence-corrected chi connectivity index (χ4v) is 2.02. The normalized spacial score (nSPS) is 21.1. The number of ether oxygens (including phenoxy) is 1. The van der Waals surface area contributed by atoms with Gasteiger partial charge < -0.3 is 14.6 Å². The number of nitrogens with one attached hydrogen (secondary N) is 1. The van der Waals surface area contributed by atoms with Gasteiger partial charge in [0.1, 0.15) is 11.6 Å². The Morgan fingerprint density at radius 3 is 3.19 bits per heavy atom. The number of benzene rings is 1. The van der Waals surface area contributed by atoms with Crippen molar-refractivity contribution in [3.05, 3.63) is 24.3 Å². The molecule has 2 heterocycles. The maximum atomic E-state index is 5.82. The predicted molar refractivity (Wildman–Crippen MR) is 60.5 cm³/mol. The molecule has 0 aliphatic carbocycles. The van der Waals surface area contributed by atoms with Crippen molar-refractivity contribution in [1.29, 1.82) is 0 Å². The molecule has 2 aromatic rings. The molecule has 0 saturated carbocycles. The molecule has 84 valence electrons. The molecule has 16 heavy (non-hydrogen) atoms. The van der Waals surface area contributed by atoms with E-state index in [1.807, 2.05) is 24.3 Å². The molecule has 4 heteroatoms. The summed E-state index contributed by atoms with van der Waals surface area (Å²) in [5.74, 6) is 0.546. The predicted octanol–water partition coefficient (Wildman–Crippen LogP) is 1.96. The van der Waals surface area contributed by atoms with Crippen LogP contribution in [0, 0.1) is 0 Å². The van der Waals surface area contributed by atoms with Crippen molar-refractivity contribution < 1.29 is 9.26 Å². The Kier molecular flexibility index (Phi) is 2.50. The highest BCUT2D eigenvalue weighted by atomic mass is 16.6. The molecule has 1 aliphatic heterocycles. The molecule has 1 aromatic carbocycles. The molecule has 1 unspecified atom stereocenters. The Balaban J connectivity index is 1.83. The van der Waals surface area contributed by atoms with Crippen LogP contribution in [0.1, 0.15) is 12.8 Å². The van der Waals surface area contributed by atoms with Gasteiger partial charge in [0, 0.05) is 6.54 Å². The number of hydrogen-bond donors (Lipinski definition) is 1. The van der Waals surface area contributed by atoms with Gasteiger partial charge in [-0.25, -0.2) is 0 Å². The molecule has 1 aliphatic rings. The molecular formula is C12H14N2O2. The van der Waals surface area contributed by atoms with E-state index >= 15 is 0 Å². The minimum Gasteiger partial charge on any atom is -0.459 e. The van der Waals surface area contributed by atoms with Crippen LogP contribution in [-0.4, -0.2) is 24.4 Å². The summed E-state index contributed by atoms with van der Waals surface area (Å²) in [7, 11) is 0. The van der Waals surface area contributed by atoms with E-state index in [2.05, 4.69) is 10.5 Å². The molecular weight excluding hydrogens is 204 g/mol. The summed E-state index contributed by atoms with van der Waals surface area (Å²) in [5, 5.41) is 8.22. The van der Waals surface area contributed by atoms with Crippen molar-refractivity contribution >= 4 is 10.9 Å². The van der Waals surface area contributed by atoms with E-state index in [9.17, 15) is 0 Å². The van der Waals surface area contributed by atoms with Gasteiger partial charge in [-0.05, 0) is 31.5 Å². The highest BCUT2D eigenvalue weighted by Gasteiger charge is 2.18. The molecule has 3 rings (SSSR count). The fraction of sp³-hybridized carbons (Fsp3) is 0.417. The van der Waals surface area contributed by atoms with Crippen LogP contribution in [0.15, 0.2) is 28.8 Å². The average molecular weight is 218 g/mol. The van der Waals surface area contributed by atoms with Crippen LogP contribution >= 0.6 is 0 Å². The van der Waals surface area contributed by atoms with Crippen molar-refractivity contribution in [3.8, 4) is 5.95 Å². The first-order chi connectivity index (χ1) is 7.93. The third kappa shape index (κ3) is 1.76. The molecule has 1 saturated heterocycles. The second-order valence-corrected chi connectivity index (χ2v) is 4.07. The number of fused-ring (bicyclic) bond motifs is 1. The van der Waals surface area contributed by atoms with Crippen molar-refractivity contribution in [1.82, 2.24) is 10.5 Å². The lowest BCUT2D eigenvalue weighted by Crippen LogP contribution is -2.37. The van der Waals surface area contributed by atoms with Crippen molar-refractivity contribution in [2.75, 3.05) is 13.1 Å². The Bertz CT molecular complexity index is 475. The molecule has 1 fully saturated rings. The summed E-state index contributed by atoms with van der Waals surface area (Å²) in [6, 6.07) is 7.80. The number of nitrogens with zero attached hydrogens (tertiary/aromatic N) is 1. The summed E-state index contributed by atoms with van der Waals surface area (Å²) >= 11 is 0. The van der Waals surface area contributed by atoms with E-state index in [0.29, 0.717) is 5.95 Å². The standard InChI is InChI=1S/C12H14N2O2/c1-2-6-11-10(5-1)12(16-14-11)15-9-4-3-7-13-8-9/h1-2,5-6,9,13H,3-4,7-8H2. The van der Waals surface area contributed by atoms with Gasteiger partial charge in [0.15, 0.2) is 0 Å². The Morgan fingerprint density at radius 1 is 1.38 bits per heavy atom. The second-order valence-electron chi connectivity index (χ2n) is 4.07. The van der Waals surface area contributed by atoms with Gasteiger partial charge in [-0.15, -0.1) is 0 Å². The molecule has 0 spiro atoms. The van der Waals surface area contributed by atoms with E-state index in [0.717, 1.165) is 36.8 Å². The molecule has 4 nitrogen and oxygen atoms in total. The smallest absolute Gasteiger partial charge is 0.319 e. The topological polar surface area (TPSA) is 47.3 Å². The Hall–Kier alpha value is -1.55. The largest absolute Gasteiger partial charge is 0.459 e. The Labute approximate surface area is 93.6 Å². The van der Waals surface area contributed by atoms with E-state index in [4.69, 9.17) is 9.26 Å². The van der Waals surface area contributed by atoms with Crippen LogP contribution in [0.4, 0.5) is 0 Å². The monoisotopic (exact) mass is 218 g/mol. The minimum atomic E-state index is 0.199. The second kappa shape index (κ2) is 4.14. The van der Waals surface area contributed by atoms with Gasteiger partial charge in [0.25, 0.3) is 0 Å². The average Bonchev–Trinajstić information content (AvgIpc) is 2.74. The summed E-state index contributed by atoms with van der Waals surface area (Å²) in [6.07, 6.45) is 2.42. The van der Waals surface area contributed by atoms with Gasteiger partial charge in [-0.1, -0.05) is 17.3 Å². The highest BCUT2D eigenvalue weighted by molar-refractivity contribution is 5.82. The van der Waals surface area contributed by atoms with Gasteiger partial charge in [-0.2, -0.15) is 0 Å². The zero-order chi connectivity index (χ0) is 10.8. The number of rotatable bonds is 2. The molecule has 0 bridgehead atoms. The molecule has 0 amide bonds. The van der Waals surface area contributed by atoms with Gasteiger partial charge in [0.2, 0.25) is 0 Å². The maximum absolute atomic E-state index is 5.82. The Morgan fingerprint density at radius 2 is 2.31 bits per heavy atom. The lowest BCUT2D eigenvalue weighted by Gasteiger charge is -2.22. The van der Waals surface area contributed by atoms with E-state index in [1.54, 1.807) is 0 Å². The molecule has 0 radical (unpaired) electrons. The first-order valence-corrected chi connectivity index (χ1v) is 5.65. The fourth-order valence-electron chi connectivity index (χ4n) is 2.02. The van der Waals surface area contributed by atoms with Gasteiger partial charge in [-0.3, -0.25) is 0 Å². The van der Waals surface area contributed by atoms with Crippen LogP contribution in [0.3, 0.4) is 0 Å². The number of hydrogen-bond acceptors (Lipinski definition) is 4. The lowest BCUT2D eigenvalue weighted by molar-refractivity contribution is 0.121. The van der Waals surface area contributed by atoms with E-state index in [1.165, 1.54) is 0 Å². The SMILES string of the molecule is c1ccc2c(OC3CCCNC3)onc2c1. The number of aromatic nitrogens is 1. The molecule has 1 N–H and O–H groups in total. The lowest BCUT2D eigenvalue weighted by atomic mass is 10.1. The summed E-state index contributed by atoms with van der Waals surface area (Å²) in [4.78, 5) is 0. The highest BCUT2D eigenvalue weighted by Crippen LogP contribution is 2.26. The number of piperidine rings is 1. The van der Waals surface area contributed by atoms with Gasteiger partial charge >= 0.3 is 5.95 Å². The van der Waals surface area contributed by atoms with Crippen LogP contribution in [0.2, 0.25) is 0 Å². The van der Waals surface area contributed by atoms with Crippen molar-refractivity contribution in [2.45, 2.75) is 18.9 Å². The van der Waals surface area contributed by atoms with Crippen molar-refractivity contribution in [3.63, 3.8) is 0 Å². The first-order valence-electron chi connectivity index (χ1n) is 5.65. The van der Waals surface area contributed by atoms with Crippen molar-refractivity contribution in [2.24, 2.45) is 0 Å². The summed E-state index contributed by atoms with van der Waals surface area (Å²) in [6.45, 7) is 1.96. The van der Waals surface area contributed by atoms with Crippen LogP contribution < -0.4 is 10.1 Å². The zero-order valence-electron chi connectivity index (χ0n) is 8.98. The molecule has 1 atom stereocenters. The zero-order valence-corrected chi connectivity index (χ0v) is 8.98. The molecule has 1 aromatic heterocycles. The van der Waals surface area contributed by atoms with Gasteiger partial charge in [0.05, 0.1) is 5.39 Å². The maximum Gasteiger partial charge on any atom is 0.319 e. The van der Waals surface area contributed by atoms with Crippen LogP contribution in [0.5, 0.6) is 5.95 Å². The van der Waals surface area contributed by atoms with E-state index in [-0.39, 0.29) is 6.10 Å². The summed E-state index contributed by atoms with van der Waals surface area (Å²) in [5.41, 5.74) is 0.848. The summed E-state index contributed by atoms with van der Waals surface area (Å²) < 4.78 is 11.0. The third-order valence-corrected chi connectivity index (χ3v) is 2.88.